The van der Waals surface area contributed by atoms with Gasteiger partial charge in [0.25, 0.3) is 6.02 Å². The highest BCUT2D eigenvalue weighted by molar-refractivity contribution is 7.90. The van der Waals surface area contributed by atoms with Crippen molar-refractivity contribution in [2.24, 2.45) is 4.99 Å². The van der Waals surface area contributed by atoms with Gasteiger partial charge >= 0.3 is 0 Å². The van der Waals surface area contributed by atoms with Crippen molar-refractivity contribution in [3.05, 3.63) is 71.0 Å². The molecule has 2 N–H and O–H groups in total. The van der Waals surface area contributed by atoms with Crippen LogP contribution in [0.15, 0.2) is 53.5 Å². The number of sulfonamides is 1. The summed E-state index contributed by atoms with van der Waals surface area (Å²) in [4.78, 5) is 6.59. The number of aliphatic imine (C=N–C) groups is 1. The molecule has 0 radical (unpaired) electrons. The first-order valence-electron chi connectivity index (χ1n) is 12.1. The highest BCUT2D eigenvalue weighted by Crippen LogP contribution is 2.40. The van der Waals surface area contributed by atoms with Gasteiger partial charge in [-0.25, -0.2) is 22.5 Å². The molecule has 0 aliphatic carbocycles. The second-order valence-electron chi connectivity index (χ2n) is 9.87. The van der Waals surface area contributed by atoms with Crippen LogP contribution in [0.1, 0.15) is 67.5 Å². The number of ether oxygens (including phenoxy) is 1. The molecule has 0 saturated carbocycles. The zero-order valence-corrected chi connectivity index (χ0v) is 21.3. The van der Waals surface area contributed by atoms with E-state index in [0.29, 0.717) is 23.6 Å². The number of nitrogens with one attached hydrogen (secondary N) is 1. The van der Waals surface area contributed by atoms with Crippen molar-refractivity contribution in [2.45, 2.75) is 56.4 Å². The molecule has 0 spiro atoms. The van der Waals surface area contributed by atoms with E-state index >= 15 is 0 Å². The largest absolute Gasteiger partial charge is 0.457 e. The fourth-order valence-corrected chi connectivity index (χ4v) is 6.91. The number of hydrogen-bond acceptors (Lipinski definition) is 6. The quantitative estimate of drug-likeness (QED) is 0.624. The predicted molar refractivity (Wildman–Crippen MR) is 134 cm³/mol. The number of piperidine rings is 1. The van der Waals surface area contributed by atoms with Crippen molar-refractivity contribution in [3.63, 3.8) is 0 Å². The van der Waals surface area contributed by atoms with Crippen LogP contribution in [-0.2, 0) is 14.8 Å². The minimum absolute atomic E-state index is 0.131. The van der Waals surface area contributed by atoms with Gasteiger partial charge in [0.05, 0.1) is 12.6 Å². The number of β-amino-alcohol motifs (C(OH)–C–C–N with tert-alkyl or cyclic N) is 1. The fraction of sp³-hybridized carbons (Fsp3) is 0.500. The molecule has 2 fully saturated rings. The molecule has 4 rings (SSSR count). The first kappa shape index (κ1) is 25.6. The molecule has 2 saturated heterocycles. The second-order valence-corrected chi connectivity index (χ2v) is 11.6. The Morgan fingerprint density at radius 1 is 1.14 bits per heavy atom. The summed E-state index contributed by atoms with van der Waals surface area (Å²) < 4.78 is 49.2. The average Bonchev–Trinajstić information content (AvgIpc) is 2.79. The van der Waals surface area contributed by atoms with E-state index in [-0.39, 0.29) is 12.6 Å². The smallest absolute Gasteiger partial charge is 0.299 e. The first-order chi connectivity index (χ1) is 16.6. The van der Waals surface area contributed by atoms with Gasteiger partial charge in [0, 0.05) is 12.1 Å². The third-order valence-corrected chi connectivity index (χ3v) is 8.83. The number of nitrogens with zero attached hydrogens (tertiary/aromatic N) is 2. The van der Waals surface area contributed by atoms with E-state index in [1.807, 2.05) is 24.3 Å². The lowest BCUT2D eigenvalue weighted by Crippen LogP contribution is -2.53. The van der Waals surface area contributed by atoms with E-state index in [0.717, 1.165) is 25.9 Å². The third kappa shape index (κ3) is 5.68. The molecule has 0 bridgehead atoms. The fourth-order valence-electron chi connectivity index (χ4n) is 5.14. The molecule has 7 nitrogen and oxygen atoms in total. The lowest BCUT2D eigenvalue weighted by molar-refractivity contribution is 0.0761. The van der Waals surface area contributed by atoms with Crippen molar-refractivity contribution in [1.82, 2.24) is 9.62 Å². The number of hydrogen-bond donors (Lipinski definition) is 2. The van der Waals surface area contributed by atoms with E-state index in [4.69, 9.17) is 9.84 Å². The molecule has 35 heavy (non-hydrogen) atoms. The van der Waals surface area contributed by atoms with Gasteiger partial charge in [-0.05, 0) is 69.8 Å². The lowest BCUT2D eigenvalue weighted by atomic mass is 9.88. The first-order valence-corrected chi connectivity index (χ1v) is 13.6. The maximum absolute atomic E-state index is 14.1. The molecular weight excluding hydrogens is 469 g/mol. The molecule has 2 unspecified atom stereocenters. The molecule has 2 heterocycles. The summed E-state index contributed by atoms with van der Waals surface area (Å²) in [6.07, 6.45) is 2.02. The summed E-state index contributed by atoms with van der Waals surface area (Å²) in [5, 5.41) is 8.20. The van der Waals surface area contributed by atoms with Crippen LogP contribution in [0.2, 0.25) is 0 Å². The molecule has 2 aromatic carbocycles. The maximum Gasteiger partial charge on any atom is 0.299 e. The van der Waals surface area contributed by atoms with E-state index in [2.05, 4.69) is 14.6 Å². The van der Waals surface area contributed by atoms with Crippen LogP contribution in [0.4, 0.5) is 4.39 Å². The molecule has 190 valence electrons. The summed E-state index contributed by atoms with van der Waals surface area (Å²) in [5.41, 5.74) is 1.11. The van der Waals surface area contributed by atoms with Gasteiger partial charge in [0.15, 0.2) is 0 Å². The van der Waals surface area contributed by atoms with Crippen LogP contribution in [-0.4, -0.2) is 56.3 Å². The number of rotatable bonds is 6. The molecule has 0 amide bonds. The van der Waals surface area contributed by atoms with Crippen LogP contribution in [0.5, 0.6) is 0 Å². The predicted octanol–water partition coefficient (Wildman–Crippen LogP) is 3.88. The van der Waals surface area contributed by atoms with Gasteiger partial charge in [-0.3, -0.25) is 0 Å². The maximum atomic E-state index is 14.1. The van der Waals surface area contributed by atoms with E-state index in [1.165, 1.54) is 11.6 Å². The Hall–Kier alpha value is -2.49. The minimum atomic E-state index is -3.85. The Labute approximate surface area is 207 Å². The van der Waals surface area contributed by atoms with Crippen LogP contribution in [0, 0.1) is 5.82 Å². The van der Waals surface area contributed by atoms with Crippen LogP contribution < -0.4 is 4.72 Å². The minimum Gasteiger partial charge on any atom is -0.457 e. The van der Waals surface area contributed by atoms with Crippen molar-refractivity contribution < 1.29 is 22.7 Å². The average molecular weight is 504 g/mol. The van der Waals surface area contributed by atoms with Crippen molar-refractivity contribution in [2.75, 3.05) is 26.2 Å². The van der Waals surface area contributed by atoms with Crippen molar-refractivity contribution >= 4 is 16.0 Å². The Morgan fingerprint density at radius 2 is 1.77 bits per heavy atom. The highest BCUT2D eigenvalue weighted by atomic mass is 32.2. The highest BCUT2D eigenvalue weighted by Gasteiger charge is 2.48. The van der Waals surface area contributed by atoms with Gasteiger partial charge < -0.3 is 14.7 Å². The Balaban J connectivity index is 1.51. The second kappa shape index (κ2) is 10.2. The molecule has 0 aromatic heterocycles. The molecule has 2 aromatic rings. The molecule has 2 aliphatic heterocycles. The number of aliphatic hydroxyl groups is 1. The Morgan fingerprint density at radius 3 is 2.37 bits per heavy atom. The summed E-state index contributed by atoms with van der Waals surface area (Å²) in [7, 11) is -3.85. The van der Waals surface area contributed by atoms with Crippen LogP contribution in [0.3, 0.4) is 0 Å². The normalized spacial score (nSPS) is 24.5. The monoisotopic (exact) mass is 503 g/mol. The summed E-state index contributed by atoms with van der Waals surface area (Å²) in [6, 6.07) is 13.3. The zero-order chi connectivity index (χ0) is 25.2. The topological polar surface area (TPSA) is 91.2 Å². The van der Waals surface area contributed by atoms with E-state index in [1.54, 1.807) is 39.0 Å². The van der Waals surface area contributed by atoms with Gasteiger partial charge in [-0.15, -0.1) is 0 Å². The lowest BCUT2D eigenvalue weighted by Gasteiger charge is -2.39. The Kier molecular flexibility index (Phi) is 7.49. The number of benzene rings is 2. The molecule has 2 aliphatic rings. The van der Waals surface area contributed by atoms with Gasteiger partial charge in [0.1, 0.15) is 16.7 Å². The summed E-state index contributed by atoms with van der Waals surface area (Å²) in [5.74, 6) is 0.0160. The standard InChI is InChI=1S/C26H34FN3O4S/c1-18(22-6-4-5-7-23(22)27)28-25-29-35(32,33)24(26(2,3)34-25)21-10-8-19(9-11-21)20-12-14-30(15-13-20)16-17-31/h4-11,18,20,24,31H,12-17H2,1-3H3,(H,28,29). The van der Waals surface area contributed by atoms with Gasteiger partial charge in [0.2, 0.25) is 10.0 Å². The Bertz CT molecular complexity index is 1160. The van der Waals surface area contributed by atoms with Crippen LogP contribution >= 0.6 is 0 Å². The summed E-state index contributed by atoms with van der Waals surface area (Å²) >= 11 is 0. The van der Waals surface area contributed by atoms with Crippen molar-refractivity contribution in [3.8, 4) is 0 Å². The summed E-state index contributed by atoms with van der Waals surface area (Å²) in [6.45, 7) is 7.92. The van der Waals surface area contributed by atoms with Crippen molar-refractivity contribution in [1.29, 1.82) is 0 Å². The number of amidine groups is 1. The number of aliphatic hydroxyl groups excluding tert-OH is 1. The molecular formula is C26H34FN3O4S. The SMILES string of the molecule is CC(N=C1NS(=O)(=O)C(c2ccc(C3CCN(CCO)CC3)cc2)C(C)(C)O1)c1ccccc1F. The van der Waals surface area contributed by atoms with Gasteiger partial charge in [-0.2, -0.15) is 0 Å². The molecule has 2 atom stereocenters. The van der Waals surface area contributed by atoms with Gasteiger partial charge in [-0.1, -0.05) is 42.5 Å². The molecule has 9 heteroatoms. The van der Waals surface area contributed by atoms with E-state index in [9.17, 15) is 12.8 Å². The van der Waals surface area contributed by atoms with E-state index < -0.39 is 32.7 Å². The zero-order valence-electron chi connectivity index (χ0n) is 20.4. The number of likely N-dealkylation sites (tertiary alicyclic amines) is 1. The number of halogens is 1. The van der Waals surface area contributed by atoms with Crippen LogP contribution in [0.25, 0.3) is 0 Å². The third-order valence-electron chi connectivity index (χ3n) is 6.91.